The Labute approximate surface area is 162 Å². The summed E-state index contributed by atoms with van der Waals surface area (Å²) < 4.78 is 47.2. The molecule has 0 atom stereocenters. The van der Waals surface area contributed by atoms with Gasteiger partial charge in [0.15, 0.2) is 5.75 Å². The molecule has 0 saturated heterocycles. The predicted molar refractivity (Wildman–Crippen MR) is 97.9 cm³/mol. The lowest BCUT2D eigenvalue weighted by atomic mass is 10.3. The zero-order valence-corrected chi connectivity index (χ0v) is 15.0. The van der Waals surface area contributed by atoms with Crippen molar-refractivity contribution in [3.63, 3.8) is 0 Å². The Morgan fingerprint density at radius 1 is 0.929 bits per heavy atom. The van der Waals surface area contributed by atoms with Gasteiger partial charge in [-0.3, -0.25) is 4.79 Å². The number of benzene rings is 2. The van der Waals surface area contributed by atoms with Crippen LogP contribution in [-0.4, -0.2) is 16.0 Å². The van der Waals surface area contributed by atoms with E-state index in [0.717, 1.165) is 4.90 Å². The zero-order valence-electron chi connectivity index (χ0n) is 14.2. The van der Waals surface area contributed by atoms with E-state index in [1.54, 1.807) is 36.5 Å². The van der Waals surface area contributed by atoms with E-state index in [9.17, 15) is 23.1 Å². The number of hydrogen-bond donors (Lipinski definition) is 1. The lowest BCUT2D eigenvalue weighted by molar-refractivity contribution is -0.274. The summed E-state index contributed by atoms with van der Waals surface area (Å²) in [6.45, 7) is 0. The van der Waals surface area contributed by atoms with Crippen molar-refractivity contribution in [1.82, 2.24) is 4.57 Å². The lowest BCUT2D eigenvalue weighted by Crippen LogP contribution is -2.17. The molecule has 3 aromatic rings. The molecule has 3 rings (SSSR count). The van der Waals surface area contributed by atoms with Gasteiger partial charge in [-0.25, -0.2) is 0 Å². The van der Waals surface area contributed by atoms with Crippen molar-refractivity contribution in [1.29, 1.82) is 0 Å². The second kappa shape index (κ2) is 8.30. The minimum Gasteiger partial charge on any atom is -0.503 e. The quantitative estimate of drug-likeness (QED) is 0.581. The molecule has 0 bridgehead atoms. The number of ether oxygens (including phenoxy) is 2. The lowest BCUT2D eigenvalue weighted by Gasteiger charge is -2.10. The number of thioether (sulfide) groups is 1. The van der Waals surface area contributed by atoms with Crippen molar-refractivity contribution >= 4 is 11.8 Å². The fraction of sp³-hybridized carbons (Fsp3) is 0.105. The number of pyridine rings is 1. The smallest absolute Gasteiger partial charge is 0.503 e. The fourth-order valence-electron chi connectivity index (χ4n) is 2.22. The molecule has 0 saturated carbocycles. The van der Waals surface area contributed by atoms with Gasteiger partial charge in [0.1, 0.15) is 17.2 Å². The van der Waals surface area contributed by atoms with Crippen molar-refractivity contribution in [3.8, 4) is 23.0 Å². The maximum atomic E-state index is 12.2. The van der Waals surface area contributed by atoms with E-state index in [1.165, 1.54) is 46.7 Å². The molecule has 0 unspecified atom stereocenters. The first-order valence-corrected chi connectivity index (χ1v) is 8.94. The van der Waals surface area contributed by atoms with E-state index in [-0.39, 0.29) is 11.5 Å². The van der Waals surface area contributed by atoms with Crippen LogP contribution in [0.3, 0.4) is 0 Å². The Bertz CT molecular complexity index is 986. The van der Waals surface area contributed by atoms with Gasteiger partial charge in [0.2, 0.25) is 0 Å². The van der Waals surface area contributed by atoms with Gasteiger partial charge in [0.05, 0.1) is 5.88 Å². The molecule has 1 aromatic heterocycles. The molecule has 1 N–H and O–H groups in total. The van der Waals surface area contributed by atoms with E-state index in [1.807, 2.05) is 0 Å². The molecule has 0 radical (unpaired) electrons. The molecular formula is C19H14F3NO4S. The Morgan fingerprint density at radius 2 is 1.50 bits per heavy atom. The highest BCUT2D eigenvalue weighted by atomic mass is 32.2. The Kier molecular flexibility index (Phi) is 5.84. The molecule has 0 amide bonds. The number of nitrogens with zero attached hydrogens (tertiary/aromatic N) is 1. The van der Waals surface area contributed by atoms with Crippen molar-refractivity contribution in [2.24, 2.45) is 0 Å². The molecule has 0 fully saturated rings. The number of aromatic nitrogens is 1. The monoisotopic (exact) mass is 409 g/mol. The van der Waals surface area contributed by atoms with E-state index in [4.69, 9.17) is 4.74 Å². The predicted octanol–water partition coefficient (Wildman–Crippen LogP) is 4.99. The molecule has 146 valence electrons. The highest BCUT2D eigenvalue weighted by Crippen LogP contribution is 2.29. The SMILES string of the molecule is O=c1c(O)cccn1CSc1ccc(Oc2ccc(OC(F)(F)F)cc2)cc1. The Balaban J connectivity index is 1.58. The largest absolute Gasteiger partial charge is 0.573 e. The number of halogens is 3. The topological polar surface area (TPSA) is 60.7 Å². The molecule has 0 aliphatic heterocycles. The summed E-state index contributed by atoms with van der Waals surface area (Å²) in [5.74, 6) is 0.561. The van der Waals surface area contributed by atoms with Crippen LogP contribution in [0.4, 0.5) is 13.2 Å². The molecule has 1 heterocycles. The molecule has 0 aliphatic rings. The van der Waals surface area contributed by atoms with Crippen LogP contribution in [0.5, 0.6) is 23.0 Å². The van der Waals surface area contributed by atoms with Crippen molar-refractivity contribution < 1.29 is 27.8 Å². The van der Waals surface area contributed by atoms with Crippen molar-refractivity contribution in [2.45, 2.75) is 17.1 Å². The standard InChI is InChI=1S/C19H14F3NO4S/c20-19(21,22)27-15-5-3-13(4-6-15)26-14-7-9-16(10-8-14)28-12-23-11-1-2-17(24)18(23)25/h1-11,24H,12H2. The highest BCUT2D eigenvalue weighted by Gasteiger charge is 2.30. The summed E-state index contributed by atoms with van der Waals surface area (Å²) in [6.07, 6.45) is -3.15. The maximum Gasteiger partial charge on any atom is 0.573 e. The summed E-state index contributed by atoms with van der Waals surface area (Å²) in [5.41, 5.74) is -0.465. The first kappa shape index (κ1) is 19.7. The van der Waals surface area contributed by atoms with Crippen LogP contribution in [0, 0.1) is 0 Å². The van der Waals surface area contributed by atoms with Gasteiger partial charge in [-0.05, 0) is 60.7 Å². The third-order valence-electron chi connectivity index (χ3n) is 3.49. The minimum absolute atomic E-state index is 0.307. The summed E-state index contributed by atoms with van der Waals surface area (Å²) >= 11 is 1.39. The van der Waals surface area contributed by atoms with Crippen LogP contribution >= 0.6 is 11.8 Å². The number of hydrogen-bond acceptors (Lipinski definition) is 5. The minimum atomic E-state index is -4.74. The van der Waals surface area contributed by atoms with Crippen LogP contribution in [0.25, 0.3) is 0 Å². The zero-order chi connectivity index (χ0) is 20.1. The van der Waals surface area contributed by atoms with E-state index < -0.39 is 11.9 Å². The highest BCUT2D eigenvalue weighted by molar-refractivity contribution is 7.98. The van der Waals surface area contributed by atoms with Gasteiger partial charge in [0, 0.05) is 11.1 Å². The van der Waals surface area contributed by atoms with E-state index in [2.05, 4.69) is 4.74 Å². The van der Waals surface area contributed by atoms with Crippen LogP contribution in [0.2, 0.25) is 0 Å². The summed E-state index contributed by atoms with van der Waals surface area (Å²) in [4.78, 5) is 12.6. The molecular weight excluding hydrogens is 395 g/mol. The van der Waals surface area contributed by atoms with Crippen LogP contribution in [0.1, 0.15) is 0 Å². The number of alkyl halides is 3. The number of aromatic hydroxyl groups is 1. The van der Waals surface area contributed by atoms with Crippen LogP contribution in [0.15, 0.2) is 76.6 Å². The molecule has 0 spiro atoms. The first-order chi connectivity index (χ1) is 13.3. The average Bonchev–Trinajstić information content (AvgIpc) is 2.65. The third kappa shape index (κ3) is 5.46. The molecule has 9 heteroatoms. The van der Waals surface area contributed by atoms with Gasteiger partial charge in [-0.1, -0.05) is 0 Å². The second-order valence-corrected chi connectivity index (χ2v) is 6.55. The molecule has 2 aromatic carbocycles. The molecule has 28 heavy (non-hydrogen) atoms. The molecule has 5 nitrogen and oxygen atoms in total. The van der Waals surface area contributed by atoms with E-state index >= 15 is 0 Å². The van der Waals surface area contributed by atoms with Crippen molar-refractivity contribution in [2.75, 3.05) is 0 Å². The Hall–Kier alpha value is -3.07. The first-order valence-electron chi connectivity index (χ1n) is 7.95. The van der Waals surface area contributed by atoms with Gasteiger partial charge in [0.25, 0.3) is 5.56 Å². The summed E-state index contributed by atoms with van der Waals surface area (Å²) in [6, 6.07) is 15.0. The van der Waals surface area contributed by atoms with Gasteiger partial charge in [-0.15, -0.1) is 24.9 Å². The average molecular weight is 409 g/mol. The maximum absolute atomic E-state index is 12.2. The normalized spacial score (nSPS) is 11.2. The van der Waals surface area contributed by atoms with Gasteiger partial charge < -0.3 is 19.1 Å². The van der Waals surface area contributed by atoms with Crippen molar-refractivity contribution in [3.05, 3.63) is 77.2 Å². The second-order valence-electron chi connectivity index (χ2n) is 5.53. The van der Waals surface area contributed by atoms with Crippen LogP contribution in [-0.2, 0) is 5.88 Å². The van der Waals surface area contributed by atoms with Gasteiger partial charge >= 0.3 is 6.36 Å². The Morgan fingerprint density at radius 3 is 2.11 bits per heavy atom. The van der Waals surface area contributed by atoms with Gasteiger partial charge in [-0.2, -0.15) is 0 Å². The fourth-order valence-corrected chi connectivity index (χ4v) is 3.04. The van der Waals surface area contributed by atoms with Crippen LogP contribution < -0.4 is 15.0 Å². The third-order valence-corrected chi connectivity index (χ3v) is 4.50. The van der Waals surface area contributed by atoms with E-state index in [0.29, 0.717) is 17.4 Å². The summed E-state index contributed by atoms with van der Waals surface area (Å²) in [5, 5.41) is 9.42. The molecule has 0 aliphatic carbocycles. The number of rotatable bonds is 6. The summed E-state index contributed by atoms with van der Waals surface area (Å²) in [7, 11) is 0.